The Morgan fingerprint density at radius 1 is 1.21 bits per heavy atom. The second kappa shape index (κ2) is 2.44. The molecule has 4 saturated carbocycles. The highest BCUT2D eigenvalue weighted by atomic mass is 16.3. The zero-order valence-electron chi connectivity index (χ0n) is 9.05. The van der Waals surface area contributed by atoms with Gasteiger partial charge >= 0.3 is 0 Å². The molecular weight excluding hydrogens is 172 g/mol. The Bertz CT molecular complexity index is 278. The zero-order valence-corrected chi connectivity index (χ0v) is 9.05. The van der Waals surface area contributed by atoms with E-state index in [1.54, 1.807) is 0 Å². The van der Waals surface area contributed by atoms with E-state index in [1.165, 1.54) is 24.8 Å². The molecule has 0 radical (unpaired) electrons. The molecule has 0 aromatic rings. The fourth-order valence-electron chi connectivity index (χ4n) is 4.71. The van der Waals surface area contributed by atoms with Gasteiger partial charge in [-0.2, -0.15) is 0 Å². The maximum absolute atomic E-state index is 10.5. The third-order valence-electron chi connectivity index (χ3n) is 4.94. The van der Waals surface area contributed by atoms with Crippen molar-refractivity contribution in [2.75, 3.05) is 0 Å². The Labute approximate surface area is 86.2 Å². The summed E-state index contributed by atoms with van der Waals surface area (Å²) < 4.78 is 0. The minimum absolute atomic E-state index is 0.316. The van der Waals surface area contributed by atoms with Gasteiger partial charge in [0.1, 0.15) is 0 Å². The average Bonchev–Trinajstić information content (AvgIpc) is 1.98. The van der Waals surface area contributed by atoms with Crippen molar-refractivity contribution >= 4 is 0 Å². The summed E-state index contributed by atoms with van der Waals surface area (Å²) in [5.74, 6) is 1.58. The lowest BCUT2D eigenvalue weighted by Crippen LogP contribution is -2.55. The van der Waals surface area contributed by atoms with Gasteiger partial charge in [-0.05, 0) is 62.7 Å². The summed E-state index contributed by atoms with van der Waals surface area (Å²) in [6.45, 7) is 6.33. The molecule has 4 aliphatic rings. The Morgan fingerprint density at radius 3 is 2.21 bits per heavy atom. The van der Waals surface area contributed by atoms with Crippen LogP contribution in [0.2, 0.25) is 0 Å². The van der Waals surface area contributed by atoms with E-state index in [4.69, 9.17) is 0 Å². The van der Waals surface area contributed by atoms with E-state index in [0.29, 0.717) is 5.41 Å². The molecule has 0 saturated heterocycles. The normalized spacial score (nSPS) is 55.0. The van der Waals surface area contributed by atoms with E-state index in [0.717, 1.165) is 31.1 Å². The minimum atomic E-state index is -0.316. The van der Waals surface area contributed by atoms with Crippen LogP contribution >= 0.6 is 0 Å². The predicted octanol–water partition coefficient (Wildman–Crippen LogP) is 2.89. The van der Waals surface area contributed by atoms with Crippen molar-refractivity contribution in [2.45, 2.75) is 51.0 Å². The van der Waals surface area contributed by atoms with E-state index in [9.17, 15) is 5.11 Å². The molecule has 4 fully saturated rings. The molecule has 78 valence electrons. The highest BCUT2D eigenvalue weighted by Gasteiger charge is 2.57. The second-order valence-corrected chi connectivity index (χ2v) is 6.25. The van der Waals surface area contributed by atoms with Gasteiger partial charge in [-0.15, -0.1) is 0 Å². The molecule has 2 atom stereocenters. The standard InChI is InChI=1S/C13H20O/c1-9(2)12-4-10-3-11(5-12)7-13(14,6-10)8-12/h10-11,14H,1,3-8H2,2H3. The van der Waals surface area contributed by atoms with Crippen LogP contribution in [0.4, 0.5) is 0 Å². The molecule has 1 heteroatoms. The smallest absolute Gasteiger partial charge is 0.0661 e. The predicted molar refractivity (Wildman–Crippen MR) is 56.9 cm³/mol. The summed E-state index contributed by atoms with van der Waals surface area (Å²) in [7, 11) is 0. The Morgan fingerprint density at radius 2 is 1.79 bits per heavy atom. The molecule has 1 nitrogen and oxygen atoms in total. The molecule has 0 amide bonds. The van der Waals surface area contributed by atoms with Gasteiger partial charge in [-0.1, -0.05) is 12.2 Å². The number of hydrogen-bond donors (Lipinski definition) is 1. The molecule has 0 aromatic carbocycles. The summed E-state index contributed by atoms with van der Waals surface area (Å²) in [6, 6.07) is 0. The summed E-state index contributed by atoms with van der Waals surface area (Å²) in [6.07, 6.45) is 7.12. The van der Waals surface area contributed by atoms with Gasteiger partial charge in [-0.25, -0.2) is 0 Å². The summed E-state index contributed by atoms with van der Waals surface area (Å²) in [5.41, 5.74) is 1.33. The highest BCUT2D eigenvalue weighted by Crippen LogP contribution is 2.63. The molecule has 0 spiro atoms. The molecule has 2 unspecified atom stereocenters. The minimum Gasteiger partial charge on any atom is -0.390 e. The van der Waals surface area contributed by atoms with Crippen LogP contribution < -0.4 is 0 Å². The van der Waals surface area contributed by atoms with Gasteiger partial charge in [-0.3, -0.25) is 0 Å². The maximum Gasteiger partial charge on any atom is 0.0661 e. The first-order valence-electron chi connectivity index (χ1n) is 5.90. The molecule has 1 N–H and O–H groups in total. The van der Waals surface area contributed by atoms with Crippen LogP contribution in [0.15, 0.2) is 12.2 Å². The van der Waals surface area contributed by atoms with Gasteiger partial charge in [0.2, 0.25) is 0 Å². The van der Waals surface area contributed by atoms with E-state index in [-0.39, 0.29) is 5.60 Å². The number of aliphatic hydroxyl groups is 1. The van der Waals surface area contributed by atoms with Crippen molar-refractivity contribution in [2.24, 2.45) is 17.3 Å². The number of hydrogen-bond acceptors (Lipinski definition) is 1. The van der Waals surface area contributed by atoms with Crippen LogP contribution in [0.3, 0.4) is 0 Å². The van der Waals surface area contributed by atoms with Crippen molar-refractivity contribution in [3.8, 4) is 0 Å². The Hall–Kier alpha value is -0.300. The molecule has 0 aliphatic heterocycles. The fraction of sp³-hybridized carbons (Fsp3) is 0.846. The van der Waals surface area contributed by atoms with Crippen LogP contribution in [0, 0.1) is 17.3 Å². The maximum atomic E-state index is 10.5. The molecule has 0 aromatic heterocycles. The molecule has 4 bridgehead atoms. The molecule has 0 heterocycles. The first kappa shape index (κ1) is 8.96. The number of rotatable bonds is 1. The van der Waals surface area contributed by atoms with Gasteiger partial charge in [0.15, 0.2) is 0 Å². The lowest BCUT2D eigenvalue weighted by molar-refractivity contribution is -0.151. The molecule has 14 heavy (non-hydrogen) atoms. The van der Waals surface area contributed by atoms with Gasteiger partial charge < -0.3 is 5.11 Å². The van der Waals surface area contributed by atoms with Crippen LogP contribution in [0.5, 0.6) is 0 Å². The van der Waals surface area contributed by atoms with Crippen molar-refractivity contribution in [3.05, 3.63) is 12.2 Å². The molecule has 4 rings (SSSR count). The number of allylic oxidation sites excluding steroid dienone is 1. The lowest BCUT2D eigenvalue weighted by Gasteiger charge is -2.60. The first-order valence-corrected chi connectivity index (χ1v) is 5.90. The van der Waals surface area contributed by atoms with Gasteiger partial charge in [0.05, 0.1) is 5.60 Å². The van der Waals surface area contributed by atoms with Crippen LogP contribution in [0.25, 0.3) is 0 Å². The third-order valence-corrected chi connectivity index (χ3v) is 4.94. The summed E-state index contributed by atoms with van der Waals surface area (Å²) in [4.78, 5) is 0. The summed E-state index contributed by atoms with van der Waals surface area (Å²) in [5, 5.41) is 10.5. The molecule has 4 aliphatic carbocycles. The van der Waals surface area contributed by atoms with E-state index >= 15 is 0 Å². The van der Waals surface area contributed by atoms with Gasteiger partial charge in [0, 0.05) is 0 Å². The van der Waals surface area contributed by atoms with Gasteiger partial charge in [0.25, 0.3) is 0 Å². The van der Waals surface area contributed by atoms with Crippen LogP contribution in [-0.2, 0) is 0 Å². The van der Waals surface area contributed by atoms with Crippen molar-refractivity contribution < 1.29 is 5.11 Å². The topological polar surface area (TPSA) is 20.2 Å². The quantitative estimate of drug-likeness (QED) is 0.633. The Kier molecular flexibility index (Phi) is 1.56. The highest BCUT2D eigenvalue weighted by molar-refractivity contribution is 5.19. The summed E-state index contributed by atoms with van der Waals surface area (Å²) >= 11 is 0. The van der Waals surface area contributed by atoms with E-state index in [1.807, 2.05) is 0 Å². The van der Waals surface area contributed by atoms with Crippen LogP contribution in [0.1, 0.15) is 45.4 Å². The monoisotopic (exact) mass is 192 g/mol. The SMILES string of the molecule is C=C(C)C12CC3CC(CC(O)(C3)C1)C2. The van der Waals surface area contributed by atoms with E-state index < -0.39 is 0 Å². The average molecular weight is 192 g/mol. The van der Waals surface area contributed by atoms with Crippen LogP contribution in [-0.4, -0.2) is 10.7 Å². The first-order chi connectivity index (χ1) is 6.51. The largest absolute Gasteiger partial charge is 0.390 e. The van der Waals surface area contributed by atoms with Crippen molar-refractivity contribution in [1.29, 1.82) is 0 Å². The van der Waals surface area contributed by atoms with Crippen molar-refractivity contribution in [1.82, 2.24) is 0 Å². The zero-order chi connectivity index (χ0) is 9.97. The fourth-order valence-corrected chi connectivity index (χ4v) is 4.71. The van der Waals surface area contributed by atoms with E-state index in [2.05, 4.69) is 13.5 Å². The van der Waals surface area contributed by atoms with Crippen molar-refractivity contribution in [3.63, 3.8) is 0 Å². The third kappa shape index (κ3) is 1.05. The molecular formula is C13H20O. The second-order valence-electron chi connectivity index (χ2n) is 6.25. The lowest BCUT2D eigenvalue weighted by atomic mass is 9.46. The Balaban J connectivity index is 2.00.